The van der Waals surface area contributed by atoms with E-state index in [0.717, 1.165) is 24.2 Å². The predicted molar refractivity (Wildman–Crippen MR) is 104 cm³/mol. The molecule has 1 heterocycles. The van der Waals surface area contributed by atoms with Crippen LogP contribution in [0.4, 0.5) is 5.69 Å². The molecule has 1 saturated heterocycles. The van der Waals surface area contributed by atoms with Crippen molar-refractivity contribution in [1.29, 1.82) is 0 Å². The number of hydrogen-bond donors (Lipinski definition) is 1. The van der Waals surface area contributed by atoms with E-state index in [0.29, 0.717) is 11.4 Å². The fourth-order valence-corrected chi connectivity index (χ4v) is 3.55. The van der Waals surface area contributed by atoms with E-state index in [2.05, 4.69) is 34.5 Å². The monoisotopic (exact) mass is 356 g/mol. The Kier molecular flexibility index (Phi) is 5.98. The van der Waals surface area contributed by atoms with Gasteiger partial charge in [0.25, 0.3) is 0 Å². The van der Waals surface area contributed by atoms with Crippen molar-refractivity contribution in [3.63, 3.8) is 0 Å². The van der Waals surface area contributed by atoms with Crippen molar-refractivity contribution in [1.82, 2.24) is 5.32 Å². The molecule has 0 saturated carbocycles. The Balaban J connectivity index is 1.57. The zero-order valence-electron chi connectivity index (χ0n) is 14.7. The summed E-state index contributed by atoms with van der Waals surface area (Å²) in [5.74, 6) is 0.00914. The van der Waals surface area contributed by atoms with Crippen LogP contribution in [0.25, 0.3) is 0 Å². The Hall–Kier alpha value is -2.00. The lowest BCUT2D eigenvalue weighted by molar-refractivity contribution is -0.121. The second-order valence-corrected chi connectivity index (χ2v) is 7.17. The number of nitrogens with zero attached hydrogens (tertiary/aromatic N) is 1. The highest BCUT2D eigenvalue weighted by molar-refractivity contribution is 6.30. The van der Waals surface area contributed by atoms with Crippen LogP contribution in [0, 0.1) is 0 Å². The van der Waals surface area contributed by atoms with Crippen molar-refractivity contribution >= 4 is 23.2 Å². The first kappa shape index (κ1) is 17.8. The number of halogens is 1. The van der Waals surface area contributed by atoms with E-state index in [9.17, 15) is 4.79 Å². The first-order chi connectivity index (χ1) is 12.1. The maximum Gasteiger partial charge on any atom is 0.224 e. The molecule has 1 amide bonds. The van der Waals surface area contributed by atoms with E-state index in [1.54, 1.807) is 0 Å². The van der Waals surface area contributed by atoms with Crippen molar-refractivity contribution < 1.29 is 4.79 Å². The Morgan fingerprint density at radius 2 is 1.84 bits per heavy atom. The van der Waals surface area contributed by atoms with E-state index in [-0.39, 0.29) is 11.9 Å². The van der Waals surface area contributed by atoms with Gasteiger partial charge in [0, 0.05) is 23.8 Å². The Bertz CT molecular complexity index is 708. The summed E-state index contributed by atoms with van der Waals surface area (Å²) in [7, 11) is 0. The summed E-state index contributed by atoms with van der Waals surface area (Å²) < 4.78 is 0. The summed E-state index contributed by atoms with van der Waals surface area (Å²) in [5.41, 5.74) is 3.33. The van der Waals surface area contributed by atoms with Crippen LogP contribution in [-0.2, 0) is 11.2 Å². The minimum Gasteiger partial charge on any atom is -0.372 e. The molecule has 132 valence electrons. The number of piperidine rings is 1. The van der Waals surface area contributed by atoms with Crippen LogP contribution in [0.5, 0.6) is 0 Å². The van der Waals surface area contributed by atoms with Crippen LogP contribution in [0.15, 0.2) is 48.5 Å². The molecule has 0 aromatic heterocycles. The average molecular weight is 357 g/mol. The molecular weight excluding hydrogens is 332 g/mol. The van der Waals surface area contributed by atoms with E-state index in [4.69, 9.17) is 11.6 Å². The van der Waals surface area contributed by atoms with Gasteiger partial charge in [-0.05, 0) is 61.6 Å². The van der Waals surface area contributed by atoms with E-state index < -0.39 is 0 Å². The molecule has 1 aliphatic rings. The van der Waals surface area contributed by atoms with Crippen molar-refractivity contribution in [2.75, 3.05) is 18.0 Å². The van der Waals surface area contributed by atoms with Crippen molar-refractivity contribution in [2.45, 2.75) is 38.6 Å². The van der Waals surface area contributed by atoms with Crippen LogP contribution in [0.2, 0.25) is 5.02 Å². The smallest absolute Gasteiger partial charge is 0.224 e. The molecule has 2 aromatic rings. The largest absolute Gasteiger partial charge is 0.372 e. The number of nitrogens with one attached hydrogen (secondary N) is 1. The summed E-state index contributed by atoms with van der Waals surface area (Å²) in [4.78, 5) is 14.7. The minimum atomic E-state index is -0.0120. The van der Waals surface area contributed by atoms with Gasteiger partial charge in [-0.2, -0.15) is 0 Å². The Labute approximate surface area is 155 Å². The first-order valence-electron chi connectivity index (χ1n) is 9.00. The molecule has 0 spiro atoms. The molecular formula is C21H25ClN2O. The second kappa shape index (κ2) is 8.39. The highest BCUT2D eigenvalue weighted by Gasteiger charge is 2.13. The van der Waals surface area contributed by atoms with Crippen LogP contribution in [-0.4, -0.2) is 19.0 Å². The number of benzene rings is 2. The molecule has 25 heavy (non-hydrogen) atoms. The maximum atomic E-state index is 12.3. The van der Waals surface area contributed by atoms with Gasteiger partial charge in [0.05, 0.1) is 12.5 Å². The quantitative estimate of drug-likeness (QED) is 0.838. The molecule has 0 radical (unpaired) electrons. The third-order valence-corrected chi connectivity index (χ3v) is 4.98. The van der Waals surface area contributed by atoms with Gasteiger partial charge in [-0.3, -0.25) is 4.79 Å². The van der Waals surface area contributed by atoms with Crippen LogP contribution in [0.1, 0.15) is 43.4 Å². The van der Waals surface area contributed by atoms with Crippen molar-refractivity contribution in [2.24, 2.45) is 0 Å². The van der Waals surface area contributed by atoms with E-state index in [1.165, 1.54) is 24.9 Å². The lowest BCUT2D eigenvalue weighted by atomic mass is 10.1. The SMILES string of the molecule is C[C@H](NC(=O)Cc1cccc(Cl)c1)c1ccc(N2CCCCC2)cc1. The molecule has 1 N–H and O–H groups in total. The third-order valence-electron chi connectivity index (χ3n) is 4.75. The first-order valence-corrected chi connectivity index (χ1v) is 9.38. The lowest BCUT2D eigenvalue weighted by Crippen LogP contribution is -2.30. The Morgan fingerprint density at radius 1 is 1.12 bits per heavy atom. The summed E-state index contributed by atoms with van der Waals surface area (Å²) in [6.45, 7) is 4.31. The molecule has 1 atom stereocenters. The highest BCUT2D eigenvalue weighted by Crippen LogP contribution is 2.22. The van der Waals surface area contributed by atoms with Gasteiger partial charge in [-0.15, -0.1) is 0 Å². The molecule has 2 aromatic carbocycles. The molecule has 3 nitrogen and oxygen atoms in total. The van der Waals surface area contributed by atoms with Gasteiger partial charge in [-0.25, -0.2) is 0 Å². The molecule has 1 fully saturated rings. The number of amides is 1. The maximum absolute atomic E-state index is 12.3. The molecule has 0 aliphatic carbocycles. The summed E-state index contributed by atoms with van der Waals surface area (Å²) >= 11 is 5.97. The zero-order valence-corrected chi connectivity index (χ0v) is 15.4. The summed E-state index contributed by atoms with van der Waals surface area (Å²) in [6.07, 6.45) is 4.23. The highest BCUT2D eigenvalue weighted by atomic mass is 35.5. The van der Waals surface area contributed by atoms with Crippen molar-refractivity contribution in [3.05, 3.63) is 64.7 Å². The predicted octanol–water partition coefficient (Wildman–Crippen LogP) is 4.75. The molecule has 0 unspecified atom stereocenters. The number of carbonyl (C=O) groups excluding carboxylic acids is 1. The topological polar surface area (TPSA) is 32.3 Å². The van der Waals surface area contributed by atoms with Crippen LogP contribution < -0.4 is 10.2 Å². The standard InChI is InChI=1S/C21H25ClN2O/c1-16(23-21(25)15-17-6-5-7-19(22)14-17)18-8-10-20(11-9-18)24-12-3-2-4-13-24/h5-11,14,16H,2-4,12-13,15H2,1H3,(H,23,25)/t16-/m0/s1. The lowest BCUT2D eigenvalue weighted by Gasteiger charge is -2.29. The van der Waals surface area contributed by atoms with Gasteiger partial charge in [0.2, 0.25) is 5.91 Å². The summed E-state index contributed by atoms with van der Waals surface area (Å²) in [6, 6.07) is 16.0. The fraction of sp³-hybridized carbons (Fsp3) is 0.381. The number of anilines is 1. The molecule has 4 heteroatoms. The van der Waals surface area contributed by atoms with Crippen LogP contribution in [0.3, 0.4) is 0 Å². The molecule has 3 rings (SSSR count). The molecule has 0 bridgehead atoms. The third kappa shape index (κ3) is 4.99. The van der Waals surface area contributed by atoms with E-state index >= 15 is 0 Å². The second-order valence-electron chi connectivity index (χ2n) is 6.74. The van der Waals surface area contributed by atoms with E-state index in [1.807, 2.05) is 31.2 Å². The van der Waals surface area contributed by atoms with Gasteiger partial charge < -0.3 is 10.2 Å². The van der Waals surface area contributed by atoms with Crippen molar-refractivity contribution in [3.8, 4) is 0 Å². The number of rotatable bonds is 5. The zero-order chi connectivity index (χ0) is 17.6. The minimum absolute atomic E-state index is 0.00914. The van der Waals surface area contributed by atoms with Gasteiger partial charge >= 0.3 is 0 Å². The fourth-order valence-electron chi connectivity index (χ4n) is 3.33. The summed E-state index contributed by atoms with van der Waals surface area (Å²) in [5, 5.41) is 3.73. The van der Waals surface area contributed by atoms with Gasteiger partial charge in [0.15, 0.2) is 0 Å². The average Bonchev–Trinajstić information content (AvgIpc) is 2.62. The number of carbonyl (C=O) groups is 1. The van der Waals surface area contributed by atoms with Gasteiger partial charge in [0.1, 0.15) is 0 Å². The number of hydrogen-bond acceptors (Lipinski definition) is 2. The Morgan fingerprint density at radius 3 is 2.52 bits per heavy atom. The van der Waals surface area contributed by atoms with Gasteiger partial charge in [-0.1, -0.05) is 35.9 Å². The normalized spacial score (nSPS) is 15.7. The molecule has 1 aliphatic heterocycles. The van der Waals surface area contributed by atoms with Crippen LogP contribution >= 0.6 is 11.6 Å².